The largest absolute Gasteiger partial charge is 0.347 e. The molecular formula is C17H27N3O2. The Morgan fingerprint density at radius 1 is 1.18 bits per heavy atom. The number of nitrogens with zero attached hydrogens (tertiary/aromatic N) is 1. The highest BCUT2D eigenvalue weighted by Gasteiger charge is 2.21. The Morgan fingerprint density at radius 2 is 1.77 bits per heavy atom. The van der Waals surface area contributed by atoms with Gasteiger partial charge in [0.15, 0.2) is 0 Å². The van der Waals surface area contributed by atoms with E-state index in [1.165, 1.54) is 10.5 Å². The summed E-state index contributed by atoms with van der Waals surface area (Å²) in [7, 11) is 3.34. The van der Waals surface area contributed by atoms with Crippen molar-refractivity contribution in [2.45, 2.75) is 33.2 Å². The van der Waals surface area contributed by atoms with Gasteiger partial charge in [0.05, 0.1) is 0 Å². The Balaban J connectivity index is 2.44. The van der Waals surface area contributed by atoms with Crippen molar-refractivity contribution >= 4 is 11.9 Å². The van der Waals surface area contributed by atoms with Gasteiger partial charge >= 0.3 is 6.03 Å². The maximum absolute atomic E-state index is 11.9. The minimum atomic E-state index is -0.535. The van der Waals surface area contributed by atoms with E-state index in [1.807, 2.05) is 18.2 Å². The van der Waals surface area contributed by atoms with Crippen LogP contribution in [0, 0.1) is 5.41 Å². The number of carbonyl (C=O) groups excluding carboxylic acids is 2. The molecule has 0 bridgehead atoms. The predicted molar refractivity (Wildman–Crippen MR) is 88.6 cm³/mol. The molecule has 0 saturated heterocycles. The zero-order valence-electron chi connectivity index (χ0n) is 14.1. The van der Waals surface area contributed by atoms with E-state index in [0.29, 0.717) is 6.54 Å². The van der Waals surface area contributed by atoms with Crippen LogP contribution >= 0.6 is 0 Å². The second kappa shape index (κ2) is 7.82. The van der Waals surface area contributed by atoms with Gasteiger partial charge in [-0.3, -0.25) is 4.79 Å². The number of rotatable bonds is 6. The first-order chi connectivity index (χ1) is 10.2. The number of hydrogen-bond donors (Lipinski definition) is 2. The number of urea groups is 1. The van der Waals surface area contributed by atoms with Gasteiger partial charge < -0.3 is 15.5 Å². The third-order valence-corrected chi connectivity index (χ3v) is 3.41. The normalized spacial score (nSPS) is 12.4. The van der Waals surface area contributed by atoms with Crippen LogP contribution < -0.4 is 10.6 Å². The minimum Gasteiger partial charge on any atom is -0.347 e. The van der Waals surface area contributed by atoms with Crippen LogP contribution in [0.2, 0.25) is 0 Å². The molecule has 1 aromatic carbocycles. The fourth-order valence-electron chi connectivity index (χ4n) is 2.23. The highest BCUT2D eigenvalue weighted by molar-refractivity contribution is 5.86. The lowest BCUT2D eigenvalue weighted by Gasteiger charge is -2.26. The standard InChI is InChI=1S/C17H27N3O2/c1-13(15(21)20(4)5)19-16(22)18-12-17(2,3)11-14-9-7-6-8-10-14/h6-10,13H,11-12H2,1-5H3,(H2,18,19,22)/t13-/m0/s1. The number of likely N-dealkylation sites (N-methyl/N-ethyl adjacent to an activating group) is 1. The second-order valence-corrected chi connectivity index (χ2v) is 6.61. The Kier molecular flexibility index (Phi) is 6.40. The van der Waals surface area contributed by atoms with E-state index in [1.54, 1.807) is 21.0 Å². The summed E-state index contributed by atoms with van der Waals surface area (Å²) in [5, 5.41) is 5.50. The van der Waals surface area contributed by atoms with Gasteiger partial charge in [-0.1, -0.05) is 44.2 Å². The molecule has 0 spiro atoms. The van der Waals surface area contributed by atoms with Crippen LogP contribution in [0.1, 0.15) is 26.3 Å². The van der Waals surface area contributed by atoms with E-state index in [2.05, 4.69) is 36.6 Å². The molecule has 0 aliphatic heterocycles. The average Bonchev–Trinajstić information content (AvgIpc) is 2.45. The topological polar surface area (TPSA) is 61.4 Å². The van der Waals surface area contributed by atoms with Gasteiger partial charge in [-0.25, -0.2) is 4.79 Å². The summed E-state index contributed by atoms with van der Waals surface area (Å²) in [5.41, 5.74) is 1.18. The van der Waals surface area contributed by atoms with Gasteiger partial charge in [0.25, 0.3) is 0 Å². The molecule has 1 rings (SSSR count). The third kappa shape index (κ3) is 6.16. The van der Waals surface area contributed by atoms with Crippen molar-refractivity contribution in [3.63, 3.8) is 0 Å². The van der Waals surface area contributed by atoms with Crippen LogP contribution in [0.3, 0.4) is 0 Å². The fraction of sp³-hybridized carbons (Fsp3) is 0.529. The van der Waals surface area contributed by atoms with Gasteiger partial charge in [-0.2, -0.15) is 0 Å². The molecule has 0 heterocycles. The van der Waals surface area contributed by atoms with Crippen LogP contribution in [0.25, 0.3) is 0 Å². The van der Waals surface area contributed by atoms with E-state index in [0.717, 1.165) is 6.42 Å². The molecule has 2 N–H and O–H groups in total. The molecule has 0 unspecified atom stereocenters. The van der Waals surface area contributed by atoms with Gasteiger partial charge in [-0.05, 0) is 24.3 Å². The number of benzene rings is 1. The molecule has 0 aliphatic carbocycles. The van der Waals surface area contributed by atoms with Crippen molar-refractivity contribution in [1.82, 2.24) is 15.5 Å². The molecule has 3 amide bonds. The average molecular weight is 305 g/mol. The molecule has 122 valence electrons. The maximum atomic E-state index is 11.9. The molecule has 1 aromatic rings. The van der Waals surface area contributed by atoms with E-state index >= 15 is 0 Å². The Hall–Kier alpha value is -2.04. The zero-order valence-corrected chi connectivity index (χ0v) is 14.1. The smallest absolute Gasteiger partial charge is 0.315 e. The van der Waals surface area contributed by atoms with Crippen molar-refractivity contribution in [3.05, 3.63) is 35.9 Å². The zero-order chi connectivity index (χ0) is 16.8. The summed E-state index contributed by atoms with van der Waals surface area (Å²) < 4.78 is 0. The van der Waals surface area contributed by atoms with Crippen molar-refractivity contribution in [2.75, 3.05) is 20.6 Å². The van der Waals surface area contributed by atoms with Crippen LogP contribution in [-0.4, -0.2) is 43.5 Å². The molecule has 5 heteroatoms. The Morgan fingerprint density at radius 3 is 2.32 bits per heavy atom. The Labute approximate surface area is 133 Å². The number of hydrogen-bond acceptors (Lipinski definition) is 2. The predicted octanol–water partition coefficient (Wildman–Crippen LogP) is 2.03. The summed E-state index contributed by atoms with van der Waals surface area (Å²) in [6.45, 7) is 6.43. The first-order valence-corrected chi connectivity index (χ1v) is 7.51. The first kappa shape index (κ1) is 18.0. The molecule has 22 heavy (non-hydrogen) atoms. The van der Waals surface area contributed by atoms with E-state index in [4.69, 9.17) is 0 Å². The summed E-state index contributed by atoms with van der Waals surface area (Å²) in [6, 6.07) is 9.33. The van der Waals surface area contributed by atoms with Crippen LogP contribution in [0.4, 0.5) is 4.79 Å². The van der Waals surface area contributed by atoms with Crippen molar-refractivity contribution in [2.24, 2.45) is 5.41 Å². The maximum Gasteiger partial charge on any atom is 0.315 e. The number of nitrogens with one attached hydrogen (secondary N) is 2. The summed E-state index contributed by atoms with van der Waals surface area (Å²) in [5.74, 6) is -0.126. The number of carbonyl (C=O) groups is 2. The summed E-state index contributed by atoms with van der Waals surface area (Å²) >= 11 is 0. The van der Waals surface area contributed by atoms with Gasteiger partial charge in [0, 0.05) is 20.6 Å². The SMILES string of the molecule is C[C@H](NC(=O)NCC(C)(C)Cc1ccccc1)C(=O)N(C)C. The lowest BCUT2D eigenvalue weighted by molar-refractivity contribution is -0.130. The lowest BCUT2D eigenvalue weighted by Crippen LogP contribution is -2.49. The first-order valence-electron chi connectivity index (χ1n) is 7.51. The lowest BCUT2D eigenvalue weighted by atomic mass is 9.86. The van der Waals surface area contributed by atoms with Crippen molar-refractivity contribution in [1.29, 1.82) is 0 Å². The molecule has 0 radical (unpaired) electrons. The van der Waals surface area contributed by atoms with Crippen LogP contribution in [0.5, 0.6) is 0 Å². The number of amides is 3. The van der Waals surface area contributed by atoms with E-state index in [-0.39, 0.29) is 17.4 Å². The van der Waals surface area contributed by atoms with E-state index < -0.39 is 6.04 Å². The molecule has 0 aliphatic rings. The molecule has 0 aromatic heterocycles. The van der Waals surface area contributed by atoms with Gasteiger partial charge in [-0.15, -0.1) is 0 Å². The quantitative estimate of drug-likeness (QED) is 0.845. The summed E-state index contributed by atoms with van der Waals surface area (Å²) in [6.07, 6.45) is 0.875. The molecule has 1 atom stereocenters. The van der Waals surface area contributed by atoms with Crippen molar-refractivity contribution in [3.8, 4) is 0 Å². The Bertz CT molecular complexity index is 498. The minimum absolute atomic E-state index is 0.0620. The van der Waals surface area contributed by atoms with Crippen molar-refractivity contribution < 1.29 is 9.59 Å². The van der Waals surface area contributed by atoms with E-state index in [9.17, 15) is 9.59 Å². The molecule has 0 fully saturated rings. The molecule has 0 saturated carbocycles. The van der Waals surface area contributed by atoms with Gasteiger partial charge in [0.2, 0.25) is 5.91 Å². The third-order valence-electron chi connectivity index (χ3n) is 3.41. The monoisotopic (exact) mass is 305 g/mol. The van der Waals surface area contributed by atoms with Crippen LogP contribution in [-0.2, 0) is 11.2 Å². The highest BCUT2D eigenvalue weighted by atomic mass is 16.2. The van der Waals surface area contributed by atoms with Gasteiger partial charge in [0.1, 0.15) is 6.04 Å². The van der Waals surface area contributed by atoms with Crippen LogP contribution in [0.15, 0.2) is 30.3 Å². The second-order valence-electron chi connectivity index (χ2n) is 6.61. The summed E-state index contributed by atoms with van der Waals surface area (Å²) in [4.78, 5) is 25.1. The molecular weight excluding hydrogens is 278 g/mol. The molecule has 5 nitrogen and oxygen atoms in total. The highest BCUT2D eigenvalue weighted by Crippen LogP contribution is 2.20. The fourth-order valence-corrected chi connectivity index (χ4v) is 2.23.